The molecule has 21 heavy (non-hydrogen) atoms. The second-order valence-electron chi connectivity index (χ2n) is 4.87. The first-order valence-electron chi connectivity index (χ1n) is 7.11. The van der Waals surface area contributed by atoms with Crippen LogP contribution >= 0.6 is 22.9 Å². The fourth-order valence-corrected chi connectivity index (χ4v) is 3.36. The molecule has 0 aromatic carbocycles. The van der Waals surface area contributed by atoms with Gasteiger partial charge in [-0.05, 0) is 13.8 Å². The maximum atomic E-state index is 5.93. The van der Waals surface area contributed by atoms with Gasteiger partial charge in [-0.15, -0.1) is 22.9 Å². The van der Waals surface area contributed by atoms with E-state index in [9.17, 15) is 0 Å². The van der Waals surface area contributed by atoms with E-state index < -0.39 is 0 Å². The molecule has 0 atom stereocenters. The third-order valence-electron chi connectivity index (χ3n) is 3.53. The summed E-state index contributed by atoms with van der Waals surface area (Å²) in [5, 5.41) is 7.72. The second kappa shape index (κ2) is 6.15. The number of hydrogen-bond donors (Lipinski definition) is 0. The number of hydrogen-bond acceptors (Lipinski definition) is 4. The highest BCUT2D eigenvalue weighted by Crippen LogP contribution is 2.21. The van der Waals surface area contributed by atoms with Crippen LogP contribution in [0, 0.1) is 6.92 Å². The molecule has 0 radical (unpaired) electrons. The second-order valence-corrected chi connectivity index (χ2v) is 6.22. The van der Waals surface area contributed by atoms with Gasteiger partial charge >= 0.3 is 0 Å². The molecule has 3 rings (SSSR count). The molecule has 3 aromatic rings. The quantitative estimate of drug-likeness (QED) is 0.655. The van der Waals surface area contributed by atoms with E-state index in [2.05, 4.69) is 21.6 Å². The Morgan fingerprint density at radius 2 is 2.19 bits per heavy atom. The van der Waals surface area contributed by atoms with Crippen LogP contribution in [0.4, 0.5) is 0 Å². The molecule has 0 amide bonds. The number of rotatable bonds is 6. The molecular formula is C14H18ClN5S. The molecule has 112 valence electrons. The molecule has 0 aliphatic heterocycles. The molecule has 5 nitrogen and oxygen atoms in total. The van der Waals surface area contributed by atoms with Gasteiger partial charge in [0.05, 0.1) is 10.7 Å². The van der Waals surface area contributed by atoms with Gasteiger partial charge in [-0.1, -0.05) is 0 Å². The van der Waals surface area contributed by atoms with Crippen LogP contribution < -0.4 is 0 Å². The van der Waals surface area contributed by atoms with Gasteiger partial charge in [-0.3, -0.25) is 0 Å². The van der Waals surface area contributed by atoms with Crippen molar-refractivity contribution in [3.05, 3.63) is 28.1 Å². The van der Waals surface area contributed by atoms with Gasteiger partial charge in [0.1, 0.15) is 11.3 Å². The van der Waals surface area contributed by atoms with Crippen LogP contribution in [-0.2, 0) is 25.9 Å². The Balaban J connectivity index is 2.01. The molecule has 0 N–H and O–H groups in total. The highest BCUT2D eigenvalue weighted by Gasteiger charge is 2.17. The molecule has 0 saturated carbocycles. The number of fused-ring (bicyclic) bond motifs is 1. The normalized spacial score (nSPS) is 11.6. The summed E-state index contributed by atoms with van der Waals surface area (Å²) < 4.78 is 4.28. The molecule has 0 saturated heterocycles. The largest absolute Gasteiger partial charge is 0.312 e. The van der Waals surface area contributed by atoms with E-state index in [4.69, 9.17) is 16.6 Å². The number of imidazole rings is 1. The molecule has 0 fully saturated rings. The Labute approximate surface area is 132 Å². The molecule has 3 aromatic heterocycles. The zero-order valence-corrected chi connectivity index (χ0v) is 13.8. The van der Waals surface area contributed by atoms with Crippen molar-refractivity contribution in [2.45, 2.75) is 39.8 Å². The van der Waals surface area contributed by atoms with Gasteiger partial charge in [0.2, 0.25) is 0 Å². The van der Waals surface area contributed by atoms with Gasteiger partial charge in [-0.2, -0.15) is 5.10 Å². The summed E-state index contributed by atoms with van der Waals surface area (Å²) in [7, 11) is 0. The molecule has 0 bridgehead atoms. The standard InChI is InChI=1S/C14H18ClN5S/c1-3-20-14-13(10(2)18-20)17-11(4-6-15)19(14)8-5-12-16-7-9-21-12/h7,9H,3-6,8H2,1-2H3. The Morgan fingerprint density at radius 3 is 2.86 bits per heavy atom. The smallest absolute Gasteiger partial charge is 0.158 e. The summed E-state index contributed by atoms with van der Waals surface area (Å²) in [6.07, 6.45) is 3.53. The zero-order chi connectivity index (χ0) is 14.8. The highest BCUT2D eigenvalue weighted by molar-refractivity contribution is 7.09. The summed E-state index contributed by atoms with van der Waals surface area (Å²) in [6, 6.07) is 0. The fraction of sp³-hybridized carbons (Fsp3) is 0.500. The number of halogens is 1. The monoisotopic (exact) mass is 323 g/mol. The van der Waals surface area contributed by atoms with E-state index in [-0.39, 0.29) is 0 Å². The van der Waals surface area contributed by atoms with E-state index >= 15 is 0 Å². The topological polar surface area (TPSA) is 48.5 Å². The minimum atomic E-state index is 0.579. The maximum absolute atomic E-state index is 5.93. The fourth-order valence-electron chi connectivity index (χ4n) is 2.58. The van der Waals surface area contributed by atoms with Crippen molar-refractivity contribution in [3.63, 3.8) is 0 Å². The van der Waals surface area contributed by atoms with Gasteiger partial charge < -0.3 is 4.57 Å². The summed E-state index contributed by atoms with van der Waals surface area (Å²) >= 11 is 7.62. The van der Waals surface area contributed by atoms with Crippen LogP contribution in [0.15, 0.2) is 11.6 Å². The van der Waals surface area contributed by atoms with Crippen LogP contribution in [0.3, 0.4) is 0 Å². The Hall–Kier alpha value is -1.40. The van der Waals surface area contributed by atoms with E-state index in [1.807, 2.05) is 23.2 Å². The first-order chi connectivity index (χ1) is 10.2. The lowest BCUT2D eigenvalue weighted by atomic mass is 10.4. The lowest BCUT2D eigenvalue weighted by Crippen LogP contribution is -2.11. The number of alkyl halides is 1. The van der Waals surface area contributed by atoms with Crippen molar-refractivity contribution in [2.24, 2.45) is 0 Å². The zero-order valence-electron chi connectivity index (χ0n) is 12.2. The average Bonchev–Trinajstić information content (AvgIpc) is 3.16. The summed E-state index contributed by atoms with van der Waals surface area (Å²) in [5.41, 5.74) is 3.08. The molecular weight excluding hydrogens is 306 g/mol. The van der Waals surface area contributed by atoms with E-state index in [1.165, 1.54) is 0 Å². The molecule has 0 spiro atoms. The van der Waals surface area contributed by atoms with E-state index in [0.29, 0.717) is 5.88 Å². The predicted molar refractivity (Wildman–Crippen MR) is 86.2 cm³/mol. The van der Waals surface area contributed by atoms with Crippen molar-refractivity contribution in [2.75, 3.05) is 5.88 Å². The average molecular weight is 324 g/mol. The molecule has 0 aliphatic carbocycles. The van der Waals surface area contributed by atoms with Crippen molar-refractivity contribution >= 4 is 34.1 Å². The van der Waals surface area contributed by atoms with Crippen LogP contribution in [0.25, 0.3) is 11.2 Å². The van der Waals surface area contributed by atoms with Crippen molar-refractivity contribution < 1.29 is 0 Å². The number of thiazole rings is 1. The molecule has 3 heterocycles. The van der Waals surface area contributed by atoms with Gasteiger partial charge in [0.25, 0.3) is 0 Å². The number of nitrogens with zero attached hydrogens (tertiary/aromatic N) is 5. The predicted octanol–water partition coefficient (Wildman–Crippen LogP) is 3.04. The Morgan fingerprint density at radius 1 is 1.33 bits per heavy atom. The Bertz CT molecular complexity index is 728. The van der Waals surface area contributed by atoms with Crippen molar-refractivity contribution in [3.8, 4) is 0 Å². The van der Waals surface area contributed by atoms with Crippen LogP contribution in [0.1, 0.15) is 23.4 Å². The van der Waals surface area contributed by atoms with Crippen molar-refractivity contribution in [1.82, 2.24) is 24.3 Å². The number of aryl methyl sites for hydroxylation is 5. The van der Waals surface area contributed by atoms with Crippen LogP contribution in [0.5, 0.6) is 0 Å². The lowest BCUT2D eigenvalue weighted by molar-refractivity contribution is 0.610. The minimum absolute atomic E-state index is 0.579. The summed E-state index contributed by atoms with van der Waals surface area (Å²) in [6.45, 7) is 5.82. The first kappa shape index (κ1) is 14.5. The summed E-state index contributed by atoms with van der Waals surface area (Å²) in [4.78, 5) is 9.10. The van der Waals surface area contributed by atoms with Gasteiger partial charge in [0.15, 0.2) is 5.65 Å². The third-order valence-corrected chi connectivity index (χ3v) is 4.56. The van der Waals surface area contributed by atoms with E-state index in [1.54, 1.807) is 11.3 Å². The minimum Gasteiger partial charge on any atom is -0.312 e. The Kier molecular flexibility index (Phi) is 4.26. The molecule has 7 heteroatoms. The molecule has 0 unspecified atom stereocenters. The SMILES string of the molecule is CCn1nc(C)c2nc(CCCl)n(CCc3nccs3)c21. The summed E-state index contributed by atoms with van der Waals surface area (Å²) in [5.74, 6) is 1.62. The highest BCUT2D eigenvalue weighted by atomic mass is 35.5. The maximum Gasteiger partial charge on any atom is 0.158 e. The van der Waals surface area contributed by atoms with Crippen molar-refractivity contribution in [1.29, 1.82) is 0 Å². The molecule has 0 aliphatic rings. The lowest BCUT2D eigenvalue weighted by Gasteiger charge is -2.09. The number of aromatic nitrogens is 5. The van der Waals surface area contributed by atoms with E-state index in [0.717, 1.165) is 53.6 Å². The third kappa shape index (κ3) is 2.70. The first-order valence-corrected chi connectivity index (χ1v) is 8.52. The van der Waals surface area contributed by atoms with Gasteiger partial charge in [0, 0.05) is 43.4 Å². The van der Waals surface area contributed by atoms with Gasteiger partial charge in [-0.25, -0.2) is 14.6 Å². The van der Waals surface area contributed by atoms with Crippen LogP contribution in [-0.4, -0.2) is 30.2 Å². The van der Waals surface area contributed by atoms with Crippen LogP contribution in [0.2, 0.25) is 0 Å².